The number of nitrogens with two attached hydrogens (primary N) is 1. The number of hydrogen-bond acceptors (Lipinski definition) is 6. The summed E-state index contributed by atoms with van der Waals surface area (Å²) in [4.78, 5) is 20.4. The van der Waals surface area contributed by atoms with Crippen molar-refractivity contribution < 1.29 is 9.53 Å². The zero-order valence-electron chi connectivity index (χ0n) is 12.4. The van der Waals surface area contributed by atoms with Crippen LogP contribution in [0.15, 0.2) is 30.3 Å². The molecule has 0 aliphatic heterocycles. The Hall–Kier alpha value is -2.63. The first-order chi connectivity index (χ1) is 10.7. The van der Waals surface area contributed by atoms with E-state index >= 15 is 0 Å². The molecule has 1 aromatic carbocycles. The summed E-state index contributed by atoms with van der Waals surface area (Å²) < 4.78 is 4.95. The van der Waals surface area contributed by atoms with Crippen LogP contribution in [0, 0.1) is 0 Å². The van der Waals surface area contributed by atoms with E-state index in [9.17, 15) is 4.79 Å². The van der Waals surface area contributed by atoms with Crippen molar-refractivity contribution in [2.24, 2.45) is 0 Å². The van der Waals surface area contributed by atoms with Gasteiger partial charge >= 0.3 is 5.97 Å². The molecule has 22 heavy (non-hydrogen) atoms. The van der Waals surface area contributed by atoms with Gasteiger partial charge in [-0.15, -0.1) is 0 Å². The Morgan fingerprint density at radius 1 is 1.32 bits per heavy atom. The Balaban J connectivity index is 1.74. The van der Waals surface area contributed by atoms with Crippen LogP contribution >= 0.6 is 0 Å². The van der Waals surface area contributed by atoms with E-state index < -0.39 is 0 Å². The van der Waals surface area contributed by atoms with Gasteiger partial charge in [-0.2, -0.15) is 0 Å². The van der Waals surface area contributed by atoms with Crippen LogP contribution in [0.2, 0.25) is 0 Å². The van der Waals surface area contributed by atoms with Crippen molar-refractivity contribution in [1.82, 2.24) is 9.97 Å². The fourth-order valence-electron chi connectivity index (χ4n) is 2.13. The van der Waals surface area contributed by atoms with E-state index in [1.54, 1.807) is 37.3 Å². The van der Waals surface area contributed by atoms with Crippen molar-refractivity contribution >= 4 is 23.3 Å². The van der Waals surface area contributed by atoms with Gasteiger partial charge in [0, 0.05) is 17.7 Å². The lowest BCUT2D eigenvalue weighted by Crippen LogP contribution is -2.05. The van der Waals surface area contributed by atoms with Crippen molar-refractivity contribution in [2.75, 3.05) is 17.7 Å². The lowest BCUT2D eigenvalue weighted by Gasteiger charge is -2.09. The fourth-order valence-corrected chi connectivity index (χ4v) is 2.13. The zero-order chi connectivity index (χ0) is 15.5. The van der Waals surface area contributed by atoms with Crippen LogP contribution in [0.25, 0.3) is 0 Å². The van der Waals surface area contributed by atoms with Crippen molar-refractivity contribution in [3.63, 3.8) is 0 Å². The first-order valence-corrected chi connectivity index (χ1v) is 7.34. The van der Waals surface area contributed by atoms with Crippen molar-refractivity contribution in [1.29, 1.82) is 0 Å². The first-order valence-electron chi connectivity index (χ1n) is 7.34. The number of hydrogen-bond donors (Lipinski definition) is 2. The molecule has 0 unspecified atom stereocenters. The summed E-state index contributed by atoms with van der Waals surface area (Å²) in [6, 6.07) is 8.74. The number of ether oxygens (including phenoxy) is 1. The molecular weight excluding hydrogens is 280 g/mol. The molecule has 6 nitrogen and oxygen atoms in total. The number of carbonyl (C=O) groups excluding carboxylic acids is 1. The van der Waals surface area contributed by atoms with Gasteiger partial charge in [-0.1, -0.05) is 0 Å². The van der Waals surface area contributed by atoms with E-state index in [4.69, 9.17) is 10.5 Å². The monoisotopic (exact) mass is 298 g/mol. The molecule has 1 aliphatic carbocycles. The number of rotatable bonds is 5. The van der Waals surface area contributed by atoms with Gasteiger partial charge in [0.2, 0.25) is 0 Å². The van der Waals surface area contributed by atoms with Crippen LogP contribution in [-0.2, 0) is 4.74 Å². The first kappa shape index (κ1) is 14.3. The fraction of sp³-hybridized carbons (Fsp3) is 0.312. The van der Waals surface area contributed by atoms with Crippen LogP contribution in [0.4, 0.5) is 17.3 Å². The molecule has 1 fully saturated rings. The third kappa shape index (κ3) is 3.33. The number of carbonyl (C=O) groups is 1. The molecule has 0 atom stereocenters. The number of aromatic nitrogens is 2. The van der Waals surface area contributed by atoms with E-state index in [0.717, 1.165) is 24.4 Å². The highest BCUT2D eigenvalue weighted by Crippen LogP contribution is 2.38. The number of anilines is 3. The summed E-state index contributed by atoms with van der Waals surface area (Å²) in [6.07, 6.45) is 2.24. The molecule has 114 valence electrons. The highest BCUT2D eigenvalue weighted by molar-refractivity contribution is 5.89. The second kappa shape index (κ2) is 6.01. The zero-order valence-corrected chi connectivity index (χ0v) is 12.4. The van der Waals surface area contributed by atoms with Gasteiger partial charge in [0.25, 0.3) is 0 Å². The molecule has 0 amide bonds. The lowest BCUT2D eigenvalue weighted by atomic mass is 10.2. The predicted molar refractivity (Wildman–Crippen MR) is 84.1 cm³/mol. The molecule has 1 aliphatic rings. The van der Waals surface area contributed by atoms with Crippen LogP contribution in [0.3, 0.4) is 0 Å². The molecular formula is C16H18N4O2. The Bertz CT molecular complexity index is 681. The average Bonchev–Trinajstić information content (AvgIpc) is 3.32. The maximum atomic E-state index is 11.6. The molecule has 0 bridgehead atoms. The van der Waals surface area contributed by atoms with Crippen LogP contribution in [0.5, 0.6) is 0 Å². The summed E-state index contributed by atoms with van der Waals surface area (Å²) in [5, 5.41) is 3.18. The topological polar surface area (TPSA) is 90.1 Å². The van der Waals surface area contributed by atoms with Crippen molar-refractivity contribution in [2.45, 2.75) is 25.7 Å². The Labute approximate surface area is 128 Å². The van der Waals surface area contributed by atoms with Crippen molar-refractivity contribution in [3.05, 3.63) is 41.7 Å². The van der Waals surface area contributed by atoms with E-state index in [0.29, 0.717) is 29.7 Å². The quantitative estimate of drug-likeness (QED) is 0.825. The molecule has 0 spiro atoms. The Morgan fingerprint density at radius 3 is 2.68 bits per heavy atom. The predicted octanol–water partition coefficient (Wildman–Crippen LogP) is 2.86. The van der Waals surface area contributed by atoms with Gasteiger partial charge in [0.05, 0.1) is 12.2 Å². The SMILES string of the molecule is CCOC(=O)c1ccc(Nc2cc(N)nc(C3CC3)n2)cc1. The van der Waals surface area contributed by atoms with Gasteiger partial charge < -0.3 is 15.8 Å². The third-order valence-corrected chi connectivity index (χ3v) is 3.37. The summed E-state index contributed by atoms with van der Waals surface area (Å²) in [6.45, 7) is 2.15. The largest absolute Gasteiger partial charge is 0.462 e. The van der Waals surface area contributed by atoms with Crippen LogP contribution < -0.4 is 11.1 Å². The molecule has 2 aromatic rings. The molecule has 1 saturated carbocycles. The molecule has 1 aromatic heterocycles. The van der Waals surface area contributed by atoms with Crippen molar-refractivity contribution in [3.8, 4) is 0 Å². The standard InChI is InChI=1S/C16H18N4O2/c1-2-22-16(21)11-5-7-12(8-6-11)18-14-9-13(17)19-15(20-14)10-3-4-10/h5-10H,2-4H2,1H3,(H3,17,18,19,20). The minimum atomic E-state index is -0.323. The lowest BCUT2D eigenvalue weighted by molar-refractivity contribution is 0.0526. The third-order valence-electron chi connectivity index (χ3n) is 3.37. The number of esters is 1. The molecule has 0 saturated heterocycles. The maximum absolute atomic E-state index is 11.6. The van der Waals surface area contributed by atoms with Gasteiger partial charge in [-0.3, -0.25) is 0 Å². The van der Waals surface area contributed by atoms with E-state index in [-0.39, 0.29) is 5.97 Å². The molecule has 3 N–H and O–H groups in total. The number of benzene rings is 1. The molecule has 3 rings (SSSR count). The highest BCUT2D eigenvalue weighted by Gasteiger charge is 2.27. The minimum Gasteiger partial charge on any atom is -0.462 e. The number of nitrogen functional groups attached to an aromatic ring is 1. The van der Waals surface area contributed by atoms with Crippen LogP contribution in [-0.4, -0.2) is 22.5 Å². The molecule has 6 heteroatoms. The maximum Gasteiger partial charge on any atom is 0.338 e. The van der Waals surface area contributed by atoms with Gasteiger partial charge in [-0.25, -0.2) is 14.8 Å². The average molecular weight is 298 g/mol. The Kier molecular flexibility index (Phi) is 3.91. The second-order valence-electron chi connectivity index (χ2n) is 5.23. The summed E-state index contributed by atoms with van der Waals surface area (Å²) in [5.41, 5.74) is 7.17. The molecule has 0 radical (unpaired) electrons. The normalized spacial score (nSPS) is 13.7. The van der Waals surface area contributed by atoms with Gasteiger partial charge in [-0.05, 0) is 44.0 Å². The Morgan fingerprint density at radius 2 is 2.05 bits per heavy atom. The summed E-state index contributed by atoms with van der Waals surface area (Å²) in [5.74, 6) is 2.04. The van der Waals surface area contributed by atoms with Gasteiger partial charge in [0.15, 0.2) is 0 Å². The summed E-state index contributed by atoms with van der Waals surface area (Å²) >= 11 is 0. The number of nitrogens with one attached hydrogen (secondary N) is 1. The van der Waals surface area contributed by atoms with Gasteiger partial charge in [0.1, 0.15) is 17.5 Å². The number of nitrogens with zero attached hydrogens (tertiary/aromatic N) is 2. The summed E-state index contributed by atoms with van der Waals surface area (Å²) in [7, 11) is 0. The van der Waals surface area contributed by atoms with Crippen LogP contribution in [0.1, 0.15) is 41.9 Å². The second-order valence-corrected chi connectivity index (χ2v) is 5.23. The molecule has 1 heterocycles. The highest BCUT2D eigenvalue weighted by atomic mass is 16.5. The minimum absolute atomic E-state index is 0.323. The van der Waals surface area contributed by atoms with E-state index in [2.05, 4.69) is 15.3 Å². The van der Waals surface area contributed by atoms with E-state index in [1.165, 1.54) is 0 Å². The van der Waals surface area contributed by atoms with E-state index in [1.807, 2.05) is 0 Å². The smallest absolute Gasteiger partial charge is 0.338 e.